The van der Waals surface area contributed by atoms with E-state index in [0.29, 0.717) is 12.8 Å². The number of amides is 3. The van der Waals surface area contributed by atoms with Crippen molar-refractivity contribution >= 4 is 23.7 Å². The molecule has 23 N–H and O–H groups in total. The van der Waals surface area contributed by atoms with Crippen LogP contribution in [0.15, 0.2) is 12.2 Å². The average molecular weight is 1710 g/mol. The predicted octanol–water partition coefficient (Wildman–Crippen LogP) is -3.22. The van der Waals surface area contributed by atoms with E-state index in [9.17, 15) is 121 Å². The number of nitrogens with one attached hydrogen (secondary N) is 3. The molecule has 3 amide bonds. The molecule has 6 fully saturated rings. The number of carbonyl (C=O) groups excluding carboxylic acids is 3. The molecule has 0 saturated carbocycles. The lowest BCUT2D eigenvalue weighted by Crippen LogP contribution is -2.71. The number of allylic oxidation sites excluding steroid dienone is 1. The van der Waals surface area contributed by atoms with Gasteiger partial charge in [0.2, 0.25) is 17.7 Å². The predicted molar refractivity (Wildman–Crippen MR) is 411 cm³/mol. The first kappa shape index (κ1) is 103. The second-order valence-corrected chi connectivity index (χ2v) is 32.1. The fraction of sp³-hybridized carbons (Fsp3) is 0.924. The van der Waals surface area contributed by atoms with Crippen LogP contribution in [0.4, 0.5) is 0 Å². The molecule has 6 aliphatic heterocycles. The van der Waals surface area contributed by atoms with E-state index < -0.39 is 272 Å². The zero-order valence-corrected chi connectivity index (χ0v) is 68.6. The van der Waals surface area contributed by atoms with E-state index >= 15 is 0 Å². The van der Waals surface area contributed by atoms with Crippen molar-refractivity contribution in [2.75, 3.05) is 46.2 Å². The molecule has 0 aromatic rings. The van der Waals surface area contributed by atoms with Crippen LogP contribution >= 0.6 is 0 Å². The van der Waals surface area contributed by atoms with Crippen molar-refractivity contribution in [1.82, 2.24) is 16.0 Å². The van der Waals surface area contributed by atoms with Gasteiger partial charge in [0.1, 0.15) is 140 Å². The van der Waals surface area contributed by atoms with Crippen molar-refractivity contribution in [3.63, 3.8) is 0 Å². The van der Waals surface area contributed by atoms with Crippen molar-refractivity contribution in [3.05, 3.63) is 12.2 Å². The molecule has 0 aliphatic carbocycles. The molecule has 39 heteroatoms. The Morgan fingerprint density at radius 1 is 0.449 bits per heavy atom. The first-order valence-corrected chi connectivity index (χ1v) is 42.6. The summed E-state index contributed by atoms with van der Waals surface area (Å²) in [5.74, 6) is -7.42. The molecule has 118 heavy (non-hydrogen) atoms. The SMILES string of the molecule is CCCCCCCCCCCCC/C=C/[C@@H](O)[C@H](CO[C@@H]1OC(CO)[C@@H](O[C@@H]2OC(CO[C@@H]3OC(CO)[C@@H](O[C@@H]4OC(CO)[C@H](O)[C@H](O[C@]5(C(=O)O)CC(O)[C@@H](NC(C)=O)C([C@H](O)[C@H](O)CO)O5)C4O)[C@H](O)C3NC(C)=O)[C@H](O)[C@H](O[C@H]3OC(CO)[C@H](O)[C@H](O)C3O)C2O)[C@H](O)C1O)NC(=O)CCCCCCCCCCCCCCCCC. The van der Waals surface area contributed by atoms with Crippen LogP contribution in [0, 0.1) is 0 Å². The molecular formula is C79H141N3O36. The van der Waals surface area contributed by atoms with E-state index in [1.54, 1.807) is 6.08 Å². The largest absolute Gasteiger partial charge is 0.477 e. The van der Waals surface area contributed by atoms with Crippen LogP contribution in [-0.4, -0.2) is 374 Å². The van der Waals surface area contributed by atoms with E-state index in [0.717, 1.165) is 71.6 Å². The van der Waals surface area contributed by atoms with Gasteiger partial charge in [0.15, 0.2) is 31.5 Å². The Kier molecular flexibility index (Phi) is 46.9. The van der Waals surface area contributed by atoms with Gasteiger partial charge in [0.05, 0.1) is 70.5 Å². The molecule has 688 valence electrons. The number of carbonyl (C=O) groups is 4. The second kappa shape index (κ2) is 53.6. The molecule has 6 saturated heterocycles. The van der Waals surface area contributed by atoms with Gasteiger partial charge < -0.3 is 175 Å². The number of hydrogen-bond acceptors (Lipinski definition) is 35. The van der Waals surface area contributed by atoms with Gasteiger partial charge in [-0.1, -0.05) is 180 Å². The minimum Gasteiger partial charge on any atom is -0.477 e. The van der Waals surface area contributed by atoms with Crippen molar-refractivity contribution < 1.29 is 178 Å². The van der Waals surface area contributed by atoms with Crippen LogP contribution in [0.3, 0.4) is 0 Å². The van der Waals surface area contributed by atoms with Crippen molar-refractivity contribution in [1.29, 1.82) is 0 Å². The highest BCUT2D eigenvalue weighted by Gasteiger charge is 2.61. The van der Waals surface area contributed by atoms with Gasteiger partial charge in [-0.05, 0) is 19.3 Å². The quantitative estimate of drug-likeness (QED) is 0.0210. The summed E-state index contributed by atoms with van der Waals surface area (Å²) in [4.78, 5) is 52.0. The molecule has 6 heterocycles. The summed E-state index contributed by atoms with van der Waals surface area (Å²) in [6, 6.07) is -4.66. The topological polar surface area (TPSA) is 620 Å². The van der Waals surface area contributed by atoms with Crippen LogP contribution in [0.1, 0.15) is 214 Å². The fourth-order valence-corrected chi connectivity index (χ4v) is 15.7. The number of ether oxygens (including phenoxy) is 12. The van der Waals surface area contributed by atoms with Crippen molar-refractivity contribution in [2.24, 2.45) is 0 Å². The molecule has 0 spiro atoms. The summed E-state index contributed by atoms with van der Waals surface area (Å²) in [7, 11) is 0. The summed E-state index contributed by atoms with van der Waals surface area (Å²) >= 11 is 0. The highest BCUT2D eigenvalue weighted by molar-refractivity contribution is 5.77. The molecule has 12 unspecified atom stereocenters. The Balaban J connectivity index is 1.17. The Labute approximate surface area is 689 Å². The van der Waals surface area contributed by atoms with E-state index in [-0.39, 0.29) is 12.3 Å². The zero-order chi connectivity index (χ0) is 86.8. The van der Waals surface area contributed by atoms with Gasteiger partial charge >= 0.3 is 5.97 Å². The number of carboxylic acid groups (broad SMARTS) is 1. The highest BCUT2D eigenvalue weighted by atomic mass is 16.8. The lowest BCUT2D eigenvalue weighted by atomic mass is 9.88. The van der Waals surface area contributed by atoms with E-state index in [4.69, 9.17) is 56.8 Å². The molecule has 6 aliphatic rings. The summed E-state index contributed by atoms with van der Waals surface area (Å²) < 4.78 is 70.8. The highest BCUT2D eigenvalue weighted by Crippen LogP contribution is 2.40. The first-order chi connectivity index (χ1) is 56.5. The number of hydrogen-bond donors (Lipinski definition) is 23. The molecule has 0 bridgehead atoms. The number of rotatable bonds is 55. The maximum absolute atomic E-state index is 13.6. The standard InChI is InChI=1S/C79H141N3O36/c1-5-7-9-11-13-15-17-19-20-22-24-26-28-30-32-34-54(93)82-45(46(90)33-31-29-27-25-23-21-18-16-14-12-10-8-6-2)41-107-74-65(102)63(100)69(52(40-87)112-74)115-76-66(103)71(116-75-64(101)62(99)58(95)49(37-84)109-75)60(97)53(113-76)42-108-73-56(81-44(4)89)61(98)68(51(39-86)111-73)114-77-67(104)72(59(96)50(38-85)110-77)118-79(78(105)106)35-47(91)55(80-43(3)88)70(117-79)57(94)48(92)36-83/h31,33,45-53,55-77,83-87,90-92,94-104H,5-30,32,34-42H2,1-4H3,(H,80,88)(H,81,89)(H,82,93)(H,105,106)/b33-31+/t45-,46+,47?,48+,49?,50?,51?,52?,53?,55+,56?,57+,58-,59-,60-,61+,62-,63+,64?,65?,66?,67?,68+,69+,70?,71-,72-,73+,74+,75+,76-,77-,79-/m0/s1. The van der Waals surface area contributed by atoms with E-state index in [1.165, 1.54) is 103 Å². The summed E-state index contributed by atoms with van der Waals surface area (Å²) in [6.07, 6.45) is -26.4. The van der Waals surface area contributed by atoms with E-state index in [2.05, 4.69) is 29.8 Å². The van der Waals surface area contributed by atoms with Gasteiger partial charge in [0, 0.05) is 26.7 Å². The van der Waals surface area contributed by atoms with Gasteiger partial charge in [-0.3, -0.25) is 14.4 Å². The van der Waals surface area contributed by atoms with Crippen molar-refractivity contribution in [3.8, 4) is 0 Å². The molecule has 0 radical (unpaired) electrons. The van der Waals surface area contributed by atoms with Gasteiger partial charge in [-0.15, -0.1) is 0 Å². The molecule has 33 atom stereocenters. The number of aliphatic hydroxyl groups excluding tert-OH is 19. The summed E-state index contributed by atoms with van der Waals surface area (Å²) in [6.45, 7) is -0.522. The molecule has 39 nitrogen and oxygen atoms in total. The minimum atomic E-state index is -3.22. The molecule has 0 aromatic carbocycles. The minimum absolute atomic E-state index is 0.140. The van der Waals surface area contributed by atoms with Crippen LogP contribution in [0.2, 0.25) is 0 Å². The van der Waals surface area contributed by atoms with Gasteiger partial charge in [0.25, 0.3) is 5.79 Å². The summed E-state index contributed by atoms with van der Waals surface area (Å²) in [5, 5.41) is 230. The number of carboxylic acids is 1. The number of aliphatic hydroxyl groups is 19. The van der Waals surface area contributed by atoms with Crippen LogP contribution in [0.5, 0.6) is 0 Å². The third kappa shape index (κ3) is 30.6. The monoisotopic (exact) mass is 1710 g/mol. The Bertz CT molecular complexity index is 2830. The molecular weight excluding hydrogens is 1570 g/mol. The van der Waals surface area contributed by atoms with Crippen LogP contribution in [-0.2, 0) is 76.0 Å². The third-order valence-electron chi connectivity index (χ3n) is 22.7. The lowest BCUT2D eigenvalue weighted by Gasteiger charge is -2.51. The average Bonchev–Trinajstić information content (AvgIpc) is 0.754. The van der Waals surface area contributed by atoms with Gasteiger partial charge in [-0.2, -0.15) is 0 Å². The number of aliphatic carboxylic acids is 1. The maximum atomic E-state index is 13.6. The number of unbranched alkanes of at least 4 members (excludes halogenated alkanes) is 25. The molecule has 0 aromatic heterocycles. The maximum Gasteiger partial charge on any atom is 0.364 e. The van der Waals surface area contributed by atoms with E-state index in [1.807, 2.05) is 6.08 Å². The second-order valence-electron chi connectivity index (χ2n) is 32.1. The first-order valence-electron chi connectivity index (χ1n) is 42.6. The molecule has 6 rings (SSSR count). The smallest absolute Gasteiger partial charge is 0.364 e. The van der Waals surface area contributed by atoms with Crippen LogP contribution in [0.25, 0.3) is 0 Å². The van der Waals surface area contributed by atoms with Crippen molar-refractivity contribution in [2.45, 2.75) is 416 Å². The lowest BCUT2D eigenvalue weighted by molar-refractivity contribution is -0.388. The summed E-state index contributed by atoms with van der Waals surface area (Å²) in [5.41, 5.74) is 0. The Hall–Kier alpha value is -3.62. The third-order valence-corrected chi connectivity index (χ3v) is 22.7. The normalized spacial score (nSPS) is 36.4. The Morgan fingerprint density at radius 2 is 0.873 bits per heavy atom. The zero-order valence-electron chi connectivity index (χ0n) is 68.6. The van der Waals surface area contributed by atoms with Gasteiger partial charge in [-0.25, -0.2) is 4.79 Å². The Morgan fingerprint density at radius 3 is 1.37 bits per heavy atom. The fourth-order valence-electron chi connectivity index (χ4n) is 15.7. The van der Waals surface area contributed by atoms with Crippen LogP contribution < -0.4 is 16.0 Å².